The van der Waals surface area contributed by atoms with E-state index in [2.05, 4.69) is 20.5 Å². The van der Waals surface area contributed by atoms with E-state index >= 15 is 0 Å². The van der Waals surface area contributed by atoms with Crippen molar-refractivity contribution < 1.29 is 22.7 Å². The van der Waals surface area contributed by atoms with Gasteiger partial charge in [-0.2, -0.15) is 5.10 Å². The van der Waals surface area contributed by atoms with Gasteiger partial charge in [0.05, 0.1) is 10.6 Å². The van der Waals surface area contributed by atoms with Gasteiger partial charge in [-0.15, -0.1) is 0 Å². The van der Waals surface area contributed by atoms with Gasteiger partial charge >= 0.3 is 6.09 Å². The van der Waals surface area contributed by atoms with Gasteiger partial charge in [0, 0.05) is 25.0 Å². The first-order valence-corrected chi connectivity index (χ1v) is 12.0. The first-order chi connectivity index (χ1) is 16.0. The molecular weight excluding hydrogens is 458 g/mol. The third kappa shape index (κ3) is 7.15. The lowest BCUT2D eigenvalue weighted by Gasteiger charge is -2.19. The molecule has 0 fully saturated rings. The van der Waals surface area contributed by atoms with Gasteiger partial charge in [0.15, 0.2) is 5.69 Å². The van der Waals surface area contributed by atoms with Crippen molar-refractivity contribution in [2.45, 2.75) is 31.3 Å². The zero-order chi connectivity index (χ0) is 24.8. The molecular formula is C23H27N5O5S. The quantitative estimate of drug-likeness (QED) is 0.421. The van der Waals surface area contributed by atoms with Gasteiger partial charge in [-0.25, -0.2) is 22.6 Å². The van der Waals surface area contributed by atoms with Gasteiger partial charge in [0.25, 0.3) is 5.91 Å². The Morgan fingerprint density at radius 3 is 2.44 bits per heavy atom. The molecule has 34 heavy (non-hydrogen) atoms. The smallest absolute Gasteiger partial charge is 0.407 e. The van der Waals surface area contributed by atoms with Gasteiger partial charge in [0.1, 0.15) is 5.60 Å². The van der Waals surface area contributed by atoms with Gasteiger partial charge in [0.2, 0.25) is 10.0 Å². The lowest BCUT2D eigenvalue weighted by molar-refractivity contribution is 0.0528. The normalized spacial score (nSPS) is 11.6. The molecule has 10 nitrogen and oxygen atoms in total. The van der Waals surface area contributed by atoms with Crippen molar-refractivity contribution in [3.05, 3.63) is 72.6 Å². The van der Waals surface area contributed by atoms with Crippen molar-refractivity contribution in [2.75, 3.05) is 18.4 Å². The van der Waals surface area contributed by atoms with Gasteiger partial charge in [-0.1, -0.05) is 24.3 Å². The maximum absolute atomic E-state index is 12.6. The summed E-state index contributed by atoms with van der Waals surface area (Å²) in [6, 6.07) is 16.8. The summed E-state index contributed by atoms with van der Waals surface area (Å²) in [5.41, 5.74) is 0.646. The highest BCUT2D eigenvalue weighted by Crippen LogP contribution is 2.16. The molecule has 0 aliphatic heterocycles. The highest BCUT2D eigenvalue weighted by atomic mass is 32.2. The largest absolute Gasteiger partial charge is 0.444 e. The number of para-hydroxylation sites is 1. The minimum absolute atomic E-state index is 0.0302. The van der Waals surface area contributed by atoms with E-state index in [-0.39, 0.29) is 23.7 Å². The second-order valence-electron chi connectivity index (χ2n) is 8.29. The summed E-state index contributed by atoms with van der Waals surface area (Å²) in [4.78, 5) is 24.2. The fraction of sp³-hybridized carbons (Fsp3) is 0.261. The fourth-order valence-corrected chi connectivity index (χ4v) is 3.93. The number of aromatic nitrogens is 2. The van der Waals surface area contributed by atoms with Crippen LogP contribution in [0.4, 0.5) is 10.5 Å². The van der Waals surface area contributed by atoms with E-state index in [1.54, 1.807) is 43.8 Å². The summed E-state index contributed by atoms with van der Waals surface area (Å²) in [6.45, 7) is 5.21. The minimum Gasteiger partial charge on any atom is -0.444 e. The number of anilines is 1. The van der Waals surface area contributed by atoms with Crippen molar-refractivity contribution in [3.8, 4) is 5.69 Å². The number of ether oxygens (including phenoxy) is 1. The van der Waals surface area contributed by atoms with Crippen molar-refractivity contribution in [1.82, 2.24) is 19.8 Å². The van der Waals surface area contributed by atoms with E-state index in [9.17, 15) is 18.0 Å². The lowest BCUT2D eigenvalue weighted by Crippen LogP contribution is -2.37. The molecule has 0 aliphatic carbocycles. The van der Waals surface area contributed by atoms with Crippen molar-refractivity contribution in [3.63, 3.8) is 0 Å². The van der Waals surface area contributed by atoms with E-state index in [4.69, 9.17) is 4.74 Å². The molecule has 3 rings (SSSR count). The van der Waals surface area contributed by atoms with Crippen molar-refractivity contribution in [2.24, 2.45) is 0 Å². The Morgan fingerprint density at radius 1 is 1.00 bits per heavy atom. The first-order valence-electron chi connectivity index (χ1n) is 10.5. The number of rotatable bonds is 8. The molecule has 0 bridgehead atoms. The monoisotopic (exact) mass is 485 g/mol. The molecule has 11 heteroatoms. The summed E-state index contributed by atoms with van der Waals surface area (Å²) in [6.07, 6.45) is 1.03. The predicted octanol–water partition coefficient (Wildman–Crippen LogP) is 2.93. The Labute approximate surface area is 198 Å². The highest BCUT2D eigenvalue weighted by molar-refractivity contribution is 7.89. The number of nitrogens with zero attached hydrogens (tertiary/aromatic N) is 2. The molecule has 0 atom stereocenters. The van der Waals surface area contributed by atoms with Crippen LogP contribution in [0.15, 0.2) is 71.8 Å². The third-order valence-electron chi connectivity index (χ3n) is 4.33. The number of nitrogens with one attached hydrogen (secondary N) is 3. The average Bonchev–Trinajstić information content (AvgIpc) is 3.27. The van der Waals surface area contributed by atoms with E-state index in [1.165, 1.54) is 18.2 Å². The molecule has 0 saturated carbocycles. The van der Waals surface area contributed by atoms with Crippen LogP contribution in [0.5, 0.6) is 0 Å². The van der Waals surface area contributed by atoms with Crippen LogP contribution in [0.1, 0.15) is 31.3 Å². The molecule has 180 valence electrons. The number of carbonyl (C=O) groups excluding carboxylic acids is 2. The predicted molar refractivity (Wildman–Crippen MR) is 127 cm³/mol. The molecule has 0 aliphatic rings. The molecule has 2 amide bonds. The van der Waals surface area contributed by atoms with Crippen LogP contribution in [-0.2, 0) is 14.8 Å². The Hall–Kier alpha value is -3.70. The minimum atomic E-state index is -3.86. The number of hydrogen-bond acceptors (Lipinski definition) is 6. The number of sulfonamides is 1. The number of amides is 2. The molecule has 1 aromatic heterocycles. The first kappa shape index (κ1) is 24.9. The standard InChI is InChI=1S/C23H27N5O5S/c1-23(2,3)33-22(30)24-13-14-25-34(31,32)19-11-7-8-17(16-19)26-21(29)20-12-15-28(27-20)18-9-5-4-6-10-18/h4-12,15-16,25H,13-14H2,1-3H3,(H,24,30)(H,26,29). The number of hydrogen-bond donors (Lipinski definition) is 3. The topological polar surface area (TPSA) is 131 Å². The highest BCUT2D eigenvalue weighted by Gasteiger charge is 2.18. The Balaban J connectivity index is 1.58. The Bertz CT molecular complexity index is 1250. The zero-order valence-electron chi connectivity index (χ0n) is 19.1. The fourth-order valence-electron chi connectivity index (χ4n) is 2.85. The molecule has 0 unspecified atom stereocenters. The van der Waals surface area contributed by atoms with Crippen LogP contribution >= 0.6 is 0 Å². The second-order valence-corrected chi connectivity index (χ2v) is 10.1. The van der Waals surface area contributed by atoms with Crippen LogP contribution in [0.2, 0.25) is 0 Å². The number of alkyl carbamates (subject to hydrolysis) is 1. The number of benzene rings is 2. The van der Waals surface area contributed by atoms with Crippen LogP contribution < -0.4 is 15.4 Å². The number of carbonyl (C=O) groups is 2. The summed E-state index contributed by atoms with van der Waals surface area (Å²) in [7, 11) is -3.86. The SMILES string of the molecule is CC(C)(C)OC(=O)NCCNS(=O)(=O)c1cccc(NC(=O)c2ccn(-c3ccccc3)n2)c1. The maximum Gasteiger partial charge on any atom is 0.407 e. The van der Waals surface area contributed by atoms with Crippen molar-refractivity contribution in [1.29, 1.82) is 0 Å². The summed E-state index contributed by atoms with van der Waals surface area (Å²) in [5, 5.41) is 9.40. The van der Waals surface area contributed by atoms with Crippen LogP contribution in [0, 0.1) is 0 Å². The van der Waals surface area contributed by atoms with Gasteiger partial charge in [-0.3, -0.25) is 4.79 Å². The third-order valence-corrected chi connectivity index (χ3v) is 5.79. The Morgan fingerprint density at radius 2 is 1.74 bits per heavy atom. The molecule has 1 heterocycles. The summed E-state index contributed by atoms with van der Waals surface area (Å²) < 4.78 is 34.3. The summed E-state index contributed by atoms with van der Waals surface area (Å²) >= 11 is 0. The molecule has 3 N–H and O–H groups in total. The molecule has 3 aromatic rings. The van der Waals surface area contributed by atoms with E-state index < -0.39 is 27.6 Å². The van der Waals surface area contributed by atoms with Gasteiger partial charge in [-0.05, 0) is 57.2 Å². The van der Waals surface area contributed by atoms with Crippen LogP contribution in [0.25, 0.3) is 5.69 Å². The zero-order valence-corrected chi connectivity index (χ0v) is 19.9. The van der Waals surface area contributed by atoms with E-state index in [1.807, 2.05) is 30.3 Å². The van der Waals surface area contributed by atoms with Crippen molar-refractivity contribution >= 4 is 27.7 Å². The van der Waals surface area contributed by atoms with Crippen LogP contribution in [-0.4, -0.2) is 48.9 Å². The van der Waals surface area contributed by atoms with E-state index in [0.717, 1.165) is 5.69 Å². The molecule has 0 saturated heterocycles. The summed E-state index contributed by atoms with van der Waals surface area (Å²) in [5.74, 6) is -0.473. The average molecular weight is 486 g/mol. The van der Waals surface area contributed by atoms with Crippen LogP contribution in [0.3, 0.4) is 0 Å². The second kappa shape index (κ2) is 10.5. The molecule has 2 aromatic carbocycles. The molecule has 0 spiro atoms. The lowest BCUT2D eigenvalue weighted by atomic mass is 10.2. The Kier molecular flexibility index (Phi) is 7.69. The van der Waals surface area contributed by atoms with E-state index in [0.29, 0.717) is 5.69 Å². The maximum atomic E-state index is 12.6. The molecule has 0 radical (unpaired) electrons. The van der Waals surface area contributed by atoms with Gasteiger partial charge < -0.3 is 15.4 Å².